The fourth-order valence-corrected chi connectivity index (χ4v) is 3.75. The summed E-state index contributed by atoms with van der Waals surface area (Å²) < 4.78 is 0. The average Bonchev–Trinajstić information content (AvgIpc) is 2.29. The van der Waals surface area contributed by atoms with Crippen LogP contribution >= 0.6 is 0 Å². The van der Waals surface area contributed by atoms with Gasteiger partial charge in [-0.2, -0.15) is 0 Å². The molecule has 0 aromatic heterocycles. The van der Waals surface area contributed by atoms with Gasteiger partial charge in [-0.1, -0.05) is 46.0 Å². The number of nitrogens with zero attached hydrogens (tertiary/aromatic N) is 1. The van der Waals surface area contributed by atoms with E-state index >= 15 is 0 Å². The molecule has 2 nitrogen and oxygen atoms in total. The number of Topliss-reactive ketones (excluding diaryl/α,β-unsaturated/α-hetero) is 1. The maximum atomic E-state index is 11.8. The SMILES string of the molecule is CC1CN(CC2CCCCCCC2)CC(C)C1=O. The molecular weight excluding hydrogens is 222 g/mol. The molecule has 2 aliphatic rings. The van der Waals surface area contributed by atoms with Crippen molar-refractivity contribution in [1.82, 2.24) is 4.90 Å². The van der Waals surface area contributed by atoms with Gasteiger partial charge in [-0.25, -0.2) is 0 Å². The molecule has 2 atom stereocenters. The van der Waals surface area contributed by atoms with E-state index in [1.807, 2.05) is 0 Å². The minimum atomic E-state index is 0.252. The van der Waals surface area contributed by atoms with Crippen molar-refractivity contribution >= 4 is 5.78 Å². The number of carbonyl (C=O) groups is 1. The van der Waals surface area contributed by atoms with Gasteiger partial charge in [-0.05, 0) is 18.8 Å². The molecule has 1 aliphatic heterocycles. The molecule has 104 valence electrons. The highest BCUT2D eigenvalue weighted by Crippen LogP contribution is 2.25. The molecule has 1 aliphatic carbocycles. The number of ketones is 1. The number of carbonyl (C=O) groups excluding carboxylic acids is 1. The van der Waals surface area contributed by atoms with Crippen LogP contribution in [0.2, 0.25) is 0 Å². The Balaban J connectivity index is 1.82. The maximum absolute atomic E-state index is 11.8. The molecule has 0 aromatic rings. The topological polar surface area (TPSA) is 20.3 Å². The zero-order chi connectivity index (χ0) is 13.0. The molecule has 2 fully saturated rings. The van der Waals surface area contributed by atoms with Crippen LogP contribution in [0.5, 0.6) is 0 Å². The summed E-state index contributed by atoms with van der Waals surface area (Å²) in [6.45, 7) is 7.44. The molecule has 1 heterocycles. The van der Waals surface area contributed by atoms with E-state index in [4.69, 9.17) is 0 Å². The van der Waals surface area contributed by atoms with Crippen molar-refractivity contribution in [3.05, 3.63) is 0 Å². The highest BCUT2D eigenvalue weighted by molar-refractivity contribution is 5.83. The first-order chi connectivity index (χ1) is 8.66. The minimum Gasteiger partial charge on any atom is -0.302 e. The van der Waals surface area contributed by atoms with E-state index in [1.54, 1.807) is 0 Å². The van der Waals surface area contributed by atoms with Gasteiger partial charge in [0, 0.05) is 31.5 Å². The van der Waals surface area contributed by atoms with Crippen LogP contribution in [-0.2, 0) is 4.79 Å². The normalized spacial score (nSPS) is 33.1. The predicted octanol–water partition coefficient (Wildman–Crippen LogP) is 3.50. The van der Waals surface area contributed by atoms with Crippen LogP contribution in [0, 0.1) is 17.8 Å². The number of rotatable bonds is 2. The molecule has 2 rings (SSSR count). The lowest BCUT2D eigenvalue weighted by molar-refractivity contribution is -0.130. The Morgan fingerprint density at radius 1 is 0.944 bits per heavy atom. The Hall–Kier alpha value is -0.370. The van der Waals surface area contributed by atoms with Gasteiger partial charge in [0.2, 0.25) is 0 Å². The Morgan fingerprint density at radius 2 is 1.44 bits per heavy atom. The van der Waals surface area contributed by atoms with Crippen LogP contribution in [0.4, 0.5) is 0 Å². The van der Waals surface area contributed by atoms with Gasteiger partial charge in [0.1, 0.15) is 5.78 Å². The second-order valence-electron chi connectivity index (χ2n) is 6.63. The number of likely N-dealkylation sites (tertiary alicyclic amines) is 1. The summed E-state index contributed by atoms with van der Waals surface area (Å²) in [5, 5.41) is 0. The third-order valence-electron chi connectivity index (χ3n) is 4.78. The van der Waals surface area contributed by atoms with Crippen molar-refractivity contribution in [3.8, 4) is 0 Å². The minimum absolute atomic E-state index is 0.252. The highest BCUT2D eigenvalue weighted by Gasteiger charge is 2.30. The van der Waals surface area contributed by atoms with Gasteiger partial charge in [0.05, 0.1) is 0 Å². The fourth-order valence-electron chi connectivity index (χ4n) is 3.75. The molecule has 1 saturated heterocycles. The van der Waals surface area contributed by atoms with E-state index in [0.717, 1.165) is 19.0 Å². The molecule has 2 unspecified atom stereocenters. The summed E-state index contributed by atoms with van der Waals surface area (Å²) in [6.07, 6.45) is 9.97. The quantitative estimate of drug-likeness (QED) is 0.748. The fraction of sp³-hybridized carbons (Fsp3) is 0.938. The summed E-state index contributed by atoms with van der Waals surface area (Å²) in [5.74, 6) is 1.87. The van der Waals surface area contributed by atoms with Gasteiger partial charge >= 0.3 is 0 Å². The van der Waals surface area contributed by atoms with Gasteiger partial charge in [0.15, 0.2) is 0 Å². The summed E-state index contributed by atoms with van der Waals surface area (Å²) in [5.41, 5.74) is 0. The zero-order valence-electron chi connectivity index (χ0n) is 12.2. The molecule has 1 saturated carbocycles. The van der Waals surface area contributed by atoms with Crippen LogP contribution in [0.1, 0.15) is 58.8 Å². The maximum Gasteiger partial charge on any atom is 0.141 e. The Kier molecular flexibility index (Phi) is 5.23. The molecule has 18 heavy (non-hydrogen) atoms. The first-order valence-corrected chi connectivity index (χ1v) is 7.93. The van der Waals surface area contributed by atoms with Crippen molar-refractivity contribution in [1.29, 1.82) is 0 Å². The molecule has 0 aromatic carbocycles. The third kappa shape index (κ3) is 3.81. The highest BCUT2D eigenvalue weighted by atomic mass is 16.1. The van der Waals surface area contributed by atoms with Crippen LogP contribution < -0.4 is 0 Å². The lowest BCUT2D eigenvalue weighted by atomic mass is 9.87. The monoisotopic (exact) mass is 251 g/mol. The van der Waals surface area contributed by atoms with Crippen molar-refractivity contribution in [2.24, 2.45) is 17.8 Å². The predicted molar refractivity (Wildman–Crippen MR) is 75.6 cm³/mol. The molecule has 2 heteroatoms. The second-order valence-corrected chi connectivity index (χ2v) is 6.63. The van der Waals surface area contributed by atoms with Crippen LogP contribution in [-0.4, -0.2) is 30.3 Å². The molecule has 0 bridgehead atoms. The second kappa shape index (κ2) is 6.70. The van der Waals surface area contributed by atoms with Crippen molar-refractivity contribution in [2.45, 2.75) is 58.8 Å². The van der Waals surface area contributed by atoms with E-state index in [9.17, 15) is 4.79 Å². The van der Waals surface area contributed by atoms with E-state index in [2.05, 4.69) is 18.7 Å². The molecule has 0 spiro atoms. The Bertz CT molecular complexity index is 254. The lowest BCUT2D eigenvalue weighted by Gasteiger charge is -2.36. The average molecular weight is 251 g/mol. The summed E-state index contributed by atoms with van der Waals surface area (Å²) in [4.78, 5) is 14.4. The van der Waals surface area contributed by atoms with Gasteiger partial charge in [-0.15, -0.1) is 0 Å². The van der Waals surface area contributed by atoms with Crippen LogP contribution in [0.3, 0.4) is 0 Å². The zero-order valence-corrected chi connectivity index (χ0v) is 12.2. The summed E-state index contributed by atoms with van der Waals surface area (Å²) in [6, 6.07) is 0. The van der Waals surface area contributed by atoms with Gasteiger partial charge in [-0.3, -0.25) is 4.79 Å². The molecule has 0 amide bonds. The molecule has 0 N–H and O–H groups in total. The van der Waals surface area contributed by atoms with Gasteiger partial charge in [0.25, 0.3) is 0 Å². The van der Waals surface area contributed by atoms with Crippen LogP contribution in [0.15, 0.2) is 0 Å². The van der Waals surface area contributed by atoms with Gasteiger partial charge < -0.3 is 4.90 Å². The van der Waals surface area contributed by atoms with E-state index in [1.165, 1.54) is 51.5 Å². The van der Waals surface area contributed by atoms with Crippen molar-refractivity contribution < 1.29 is 4.79 Å². The van der Waals surface area contributed by atoms with Crippen molar-refractivity contribution in [2.75, 3.05) is 19.6 Å². The first kappa shape index (κ1) is 14.0. The van der Waals surface area contributed by atoms with E-state index in [0.29, 0.717) is 5.78 Å². The molecule has 0 radical (unpaired) electrons. The largest absolute Gasteiger partial charge is 0.302 e. The Morgan fingerprint density at radius 3 is 2.00 bits per heavy atom. The van der Waals surface area contributed by atoms with E-state index in [-0.39, 0.29) is 11.8 Å². The molecular formula is C16H29NO. The van der Waals surface area contributed by atoms with Crippen LogP contribution in [0.25, 0.3) is 0 Å². The number of piperidine rings is 1. The lowest BCUT2D eigenvalue weighted by Crippen LogP contribution is -2.46. The third-order valence-corrected chi connectivity index (χ3v) is 4.78. The standard InChI is InChI=1S/C16H29NO/c1-13-10-17(11-14(2)16(13)18)12-15-8-6-4-3-5-7-9-15/h13-15H,3-12H2,1-2H3. The number of hydrogen-bond acceptors (Lipinski definition) is 2. The van der Waals surface area contributed by atoms with Crippen molar-refractivity contribution in [3.63, 3.8) is 0 Å². The smallest absolute Gasteiger partial charge is 0.141 e. The van der Waals surface area contributed by atoms with E-state index < -0.39 is 0 Å². The Labute approximate surface area is 112 Å². The number of hydrogen-bond donors (Lipinski definition) is 0. The first-order valence-electron chi connectivity index (χ1n) is 7.93. The summed E-state index contributed by atoms with van der Waals surface area (Å²) >= 11 is 0. The summed E-state index contributed by atoms with van der Waals surface area (Å²) in [7, 11) is 0.